The van der Waals surface area contributed by atoms with Crippen LogP contribution in [0.4, 0.5) is 14.9 Å². The first kappa shape index (κ1) is 19.0. The third kappa shape index (κ3) is 4.68. The molecule has 2 heterocycles. The van der Waals surface area contributed by atoms with E-state index in [0.29, 0.717) is 11.4 Å². The molecule has 3 aromatic rings. The van der Waals surface area contributed by atoms with Gasteiger partial charge in [-0.3, -0.25) is 9.88 Å². The Labute approximate surface area is 161 Å². The Morgan fingerprint density at radius 1 is 1.15 bits per heavy atom. The van der Waals surface area contributed by atoms with Crippen molar-refractivity contribution in [2.45, 2.75) is 32.4 Å². The van der Waals surface area contributed by atoms with Crippen molar-refractivity contribution in [3.63, 3.8) is 0 Å². The zero-order valence-corrected chi connectivity index (χ0v) is 16.1. The minimum absolute atomic E-state index is 0.378. The Kier molecular flexibility index (Phi) is 5.51. The second kappa shape index (κ2) is 7.84. The lowest BCUT2D eigenvalue weighted by molar-refractivity contribution is 0.0569. The van der Waals surface area contributed by atoms with Crippen molar-refractivity contribution in [1.82, 2.24) is 9.97 Å². The number of aromatic nitrogens is 2. The molecule has 2 aromatic heterocycles. The molecule has 140 valence electrons. The molecule has 0 aliphatic rings. The smallest absolute Gasteiger partial charge is 0.415 e. The van der Waals surface area contributed by atoms with Crippen molar-refractivity contribution >= 4 is 23.1 Å². The molecule has 0 fully saturated rings. The number of nitrogens with zero attached hydrogens (tertiary/aromatic N) is 3. The molecule has 0 saturated heterocycles. The molecule has 1 aromatic carbocycles. The largest absolute Gasteiger partial charge is 0.443 e. The highest BCUT2D eigenvalue weighted by molar-refractivity contribution is 7.07. The van der Waals surface area contributed by atoms with Crippen LogP contribution in [0.2, 0.25) is 0 Å². The Balaban J connectivity index is 2.13. The first-order valence-corrected chi connectivity index (χ1v) is 9.35. The van der Waals surface area contributed by atoms with Gasteiger partial charge in [-0.1, -0.05) is 0 Å². The van der Waals surface area contributed by atoms with Gasteiger partial charge in [-0.2, -0.15) is 0 Å². The maximum absolute atomic E-state index is 13.5. The first-order chi connectivity index (χ1) is 12.8. The van der Waals surface area contributed by atoms with Gasteiger partial charge in [-0.25, -0.2) is 14.2 Å². The summed E-state index contributed by atoms with van der Waals surface area (Å²) in [6.45, 7) is 5.41. The van der Waals surface area contributed by atoms with Gasteiger partial charge in [0.1, 0.15) is 17.5 Å². The lowest BCUT2D eigenvalue weighted by Gasteiger charge is -2.33. The van der Waals surface area contributed by atoms with Crippen LogP contribution in [0.5, 0.6) is 0 Å². The summed E-state index contributed by atoms with van der Waals surface area (Å²) in [6.07, 6.45) is 2.78. The van der Waals surface area contributed by atoms with Gasteiger partial charge in [0.2, 0.25) is 0 Å². The Hall–Kier alpha value is -2.80. The molecule has 0 aliphatic carbocycles. The molecule has 1 amide bonds. The molecule has 0 radical (unpaired) electrons. The number of halogens is 1. The highest BCUT2D eigenvalue weighted by Crippen LogP contribution is 2.34. The molecular formula is C20H20FN3O2S. The maximum atomic E-state index is 13.5. The maximum Gasteiger partial charge on any atom is 0.415 e. The molecule has 0 bridgehead atoms. The molecule has 0 N–H and O–H groups in total. The highest BCUT2D eigenvalue weighted by atomic mass is 32.1. The van der Waals surface area contributed by atoms with Crippen LogP contribution in [-0.4, -0.2) is 21.7 Å². The van der Waals surface area contributed by atoms with Crippen LogP contribution in [0.3, 0.4) is 0 Å². The van der Waals surface area contributed by atoms with Gasteiger partial charge in [-0.15, -0.1) is 11.3 Å². The predicted molar refractivity (Wildman–Crippen MR) is 103 cm³/mol. The number of ether oxygens (including phenoxy) is 1. The normalized spacial score (nSPS) is 12.4. The van der Waals surface area contributed by atoms with E-state index in [1.807, 2.05) is 17.5 Å². The summed E-state index contributed by atoms with van der Waals surface area (Å²) in [7, 11) is 0. The number of thiazole rings is 1. The Morgan fingerprint density at radius 3 is 2.37 bits per heavy atom. The van der Waals surface area contributed by atoms with Gasteiger partial charge >= 0.3 is 6.09 Å². The molecule has 27 heavy (non-hydrogen) atoms. The molecular weight excluding hydrogens is 365 g/mol. The van der Waals surface area contributed by atoms with Gasteiger partial charge in [-0.05, 0) is 62.7 Å². The fourth-order valence-electron chi connectivity index (χ4n) is 2.63. The zero-order valence-electron chi connectivity index (χ0n) is 15.3. The number of carbonyl (C=O) groups is 1. The van der Waals surface area contributed by atoms with E-state index < -0.39 is 17.7 Å². The Bertz CT molecular complexity index is 878. The van der Waals surface area contributed by atoms with E-state index in [-0.39, 0.29) is 5.82 Å². The minimum Gasteiger partial charge on any atom is -0.443 e. The van der Waals surface area contributed by atoms with Gasteiger partial charge in [0.25, 0.3) is 0 Å². The van der Waals surface area contributed by atoms with Crippen molar-refractivity contribution in [1.29, 1.82) is 0 Å². The van der Waals surface area contributed by atoms with Crippen LogP contribution in [0.25, 0.3) is 0 Å². The molecule has 5 nitrogen and oxygen atoms in total. The number of rotatable bonds is 4. The number of amides is 1. The van der Waals surface area contributed by atoms with Crippen LogP contribution in [-0.2, 0) is 4.74 Å². The molecule has 7 heteroatoms. The van der Waals surface area contributed by atoms with E-state index in [4.69, 9.17) is 4.74 Å². The van der Waals surface area contributed by atoms with Crippen LogP contribution in [0.1, 0.15) is 38.1 Å². The summed E-state index contributed by atoms with van der Waals surface area (Å²) in [5, 5.41) is 1.88. The number of carbonyl (C=O) groups excluding carboxylic acids is 1. The lowest BCUT2D eigenvalue weighted by Crippen LogP contribution is -2.40. The van der Waals surface area contributed by atoms with Gasteiger partial charge in [0.15, 0.2) is 0 Å². The standard InChI is InChI=1S/C20H20FN3O2S/c1-20(2,3)26-19(25)24(16-6-4-15(21)5-7-16)18(17-12-27-13-23-17)14-8-10-22-11-9-14/h4-13,18H,1-3H3. The predicted octanol–water partition coefficient (Wildman–Crippen LogP) is 5.21. The van der Waals surface area contributed by atoms with Crippen molar-refractivity contribution in [3.8, 4) is 0 Å². The van der Waals surface area contributed by atoms with Gasteiger partial charge in [0, 0.05) is 23.5 Å². The average Bonchev–Trinajstić information content (AvgIpc) is 3.14. The van der Waals surface area contributed by atoms with Crippen molar-refractivity contribution in [2.75, 3.05) is 4.90 Å². The third-order valence-corrected chi connectivity index (χ3v) is 4.31. The zero-order chi connectivity index (χ0) is 19.4. The second-order valence-electron chi connectivity index (χ2n) is 6.92. The fourth-order valence-corrected chi connectivity index (χ4v) is 3.20. The van der Waals surface area contributed by atoms with Gasteiger partial charge in [0.05, 0.1) is 11.2 Å². The third-order valence-electron chi connectivity index (χ3n) is 3.71. The summed E-state index contributed by atoms with van der Waals surface area (Å²) in [6, 6.07) is 8.86. The van der Waals surface area contributed by atoms with Crippen LogP contribution in [0.15, 0.2) is 59.7 Å². The average molecular weight is 385 g/mol. The fraction of sp³-hybridized carbons (Fsp3) is 0.250. The number of anilines is 1. The van der Waals surface area contributed by atoms with Crippen molar-refractivity contribution in [3.05, 3.63) is 76.8 Å². The second-order valence-corrected chi connectivity index (χ2v) is 7.64. The summed E-state index contributed by atoms with van der Waals surface area (Å²) in [5.41, 5.74) is 3.06. The van der Waals surface area contributed by atoms with Crippen LogP contribution >= 0.6 is 11.3 Å². The summed E-state index contributed by atoms with van der Waals surface area (Å²) >= 11 is 1.44. The van der Waals surface area contributed by atoms with E-state index in [0.717, 1.165) is 5.56 Å². The summed E-state index contributed by atoms with van der Waals surface area (Å²) in [5.74, 6) is -0.378. The van der Waals surface area contributed by atoms with Crippen molar-refractivity contribution < 1.29 is 13.9 Å². The molecule has 0 saturated carbocycles. The van der Waals surface area contributed by atoms with Gasteiger partial charge < -0.3 is 4.74 Å². The van der Waals surface area contributed by atoms with E-state index >= 15 is 0 Å². The number of pyridine rings is 1. The first-order valence-electron chi connectivity index (χ1n) is 8.41. The van der Waals surface area contributed by atoms with E-state index in [9.17, 15) is 9.18 Å². The molecule has 1 unspecified atom stereocenters. The minimum atomic E-state index is -0.680. The molecule has 1 atom stereocenters. The molecule has 0 spiro atoms. The van der Waals surface area contributed by atoms with E-state index in [1.165, 1.54) is 28.4 Å². The van der Waals surface area contributed by atoms with Crippen molar-refractivity contribution in [2.24, 2.45) is 0 Å². The van der Waals surface area contributed by atoms with E-state index in [2.05, 4.69) is 9.97 Å². The summed E-state index contributed by atoms with van der Waals surface area (Å²) in [4.78, 5) is 23.1. The van der Waals surface area contributed by atoms with Crippen LogP contribution < -0.4 is 4.90 Å². The Morgan fingerprint density at radius 2 is 1.81 bits per heavy atom. The quantitative estimate of drug-likeness (QED) is 0.619. The summed E-state index contributed by atoms with van der Waals surface area (Å²) < 4.78 is 19.1. The SMILES string of the molecule is CC(C)(C)OC(=O)N(c1ccc(F)cc1)C(c1ccncc1)c1cscn1. The lowest BCUT2D eigenvalue weighted by atomic mass is 10.0. The number of hydrogen-bond donors (Lipinski definition) is 0. The van der Waals surface area contributed by atoms with Crippen LogP contribution in [0, 0.1) is 5.82 Å². The molecule has 0 aliphatic heterocycles. The monoisotopic (exact) mass is 385 g/mol. The topological polar surface area (TPSA) is 55.3 Å². The number of hydrogen-bond acceptors (Lipinski definition) is 5. The highest BCUT2D eigenvalue weighted by Gasteiger charge is 2.33. The van der Waals surface area contributed by atoms with E-state index in [1.54, 1.807) is 50.8 Å². The molecule has 3 rings (SSSR count). The number of benzene rings is 1.